The Morgan fingerprint density at radius 3 is 2.69 bits per heavy atom. The number of hydrogen-bond acceptors (Lipinski definition) is 2. The van der Waals surface area contributed by atoms with Gasteiger partial charge in [-0.05, 0) is 53.5 Å². The molecule has 1 aliphatic carbocycles. The molecule has 0 saturated heterocycles. The molecular weight excluding hydrogens is 279 g/mol. The van der Waals surface area contributed by atoms with Crippen LogP contribution >= 0.6 is 22.6 Å². The quantitative estimate of drug-likeness (QED) is 0.849. The Kier molecular flexibility index (Phi) is 2.36. The number of halogens is 1. The Morgan fingerprint density at radius 1 is 1.46 bits per heavy atom. The predicted molar refractivity (Wildman–Crippen MR) is 59.4 cm³/mol. The predicted octanol–water partition coefficient (Wildman–Crippen LogP) is 2.88. The highest BCUT2D eigenvalue weighted by atomic mass is 127. The van der Waals surface area contributed by atoms with Gasteiger partial charge in [0, 0.05) is 5.56 Å². The van der Waals surface area contributed by atoms with E-state index in [-0.39, 0.29) is 0 Å². The van der Waals surface area contributed by atoms with E-state index in [9.17, 15) is 5.11 Å². The fourth-order valence-corrected chi connectivity index (χ4v) is 2.60. The molecule has 70 valence electrons. The number of methoxy groups -OCH3 is 1. The molecule has 13 heavy (non-hydrogen) atoms. The highest BCUT2D eigenvalue weighted by molar-refractivity contribution is 14.1. The van der Waals surface area contributed by atoms with E-state index in [0.29, 0.717) is 11.7 Å². The van der Waals surface area contributed by atoms with Gasteiger partial charge in [0.15, 0.2) is 0 Å². The number of phenols is 1. The molecule has 0 radical (unpaired) electrons. The van der Waals surface area contributed by atoms with Gasteiger partial charge in [0.2, 0.25) is 0 Å². The van der Waals surface area contributed by atoms with Crippen molar-refractivity contribution in [2.45, 2.75) is 18.8 Å². The van der Waals surface area contributed by atoms with Crippen LogP contribution in [-0.4, -0.2) is 12.2 Å². The molecule has 1 saturated carbocycles. The van der Waals surface area contributed by atoms with E-state index in [2.05, 4.69) is 22.6 Å². The van der Waals surface area contributed by atoms with Crippen LogP contribution in [0.2, 0.25) is 0 Å². The van der Waals surface area contributed by atoms with Crippen LogP contribution in [-0.2, 0) is 0 Å². The van der Waals surface area contributed by atoms with Crippen molar-refractivity contribution in [2.24, 2.45) is 0 Å². The number of hydrogen-bond donors (Lipinski definition) is 1. The van der Waals surface area contributed by atoms with Crippen LogP contribution in [0.25, 0.3) is 0 Å². The standard InChI is InChI=1S/C10H11IO2/c1-13-8-5-4-7(12)9(10(8)11)6-2-3-6/h4-6,12H,2-3H2,1H3. The van der Waals surface area contributed by atoms with Gasteiger partial charge in [-0.3, -0.25) is 0 Å². The number of benzene rings is 1. The molecule has 1 N–H and O–H groups in total. The van der Waals surface area contributed by atoms with E-state index >= 15 is 0 Å². The Bertz CT molecular complexity index is 332. The summed E-state index contributed by atoms with van der Waals surface area (Å²) in [7, 11) is 1.66. The number of aromatic hydroxyl groups is 1. The molecule has 0 aliphatic heterocycles. The van der Waals surface area contributed by atoms with Gasteiger partial charge in [0.1, 0.15) is 11.5 Å². The minimum Gasteiger partial charge on any atom is -0.508 e. The van der Waals surface area contributed by atoms with Gasteiger partial charge >= 0.3 is 0 Å². The maximum atomic E-state index is 9.66. The summed E-state index contributed by atoms with van der Waals surface area (Å²) in [5.74, 6) is 1.83. The second-order valence-corrected chi connectivity index (χ2v) is 4.37. The smallest absolute Gasteiger partial charge is 0.132 e. The van der Waals surface area contributed by atoms with Gasteiger partial charge in [0.25, 0.3) is 0 Å². The first-order valence-electron chi connectivity index (χ1n) is 4.29. The van der Waals surface area contributed by atoms with Crippen LogP contribution in [0.1, 0.15) is 24.3 Å². The van der Waals surface area contributed by atoms with E-state index in [0.717, 1.165) is 14.9 Å². The maximum Gasteiger partial charge on any atom is 0.132 e. The van der Waals surface area contributed by atoms with Crippen LogP contribution in [0.15, 0.2) is 12.1 Å². The molecule has 0 unspecified atom stereocenters. The highest BCUT2D eigenvalue weighted by Crippen LogP contribution is 2.47. The molecule has 0 atom stereocenters. The molecule has 3 heteroatoms. The zero-order chi connectivity index (χ0) is 9.42. The molecule has 2 nitrogen and oxygen atoms in total. The molecule has 1 aromatic carbocycles. The fourth-order valence-electron chi connectivity index (χ4n) is 1.48. The Balaban J connectivity index is 2.50. The van der Waals surface area contributed by atoms with Crippen molar-refractivity contribution in [3.8, 4) is 11.5 Å². The minimum atomic E-state index is 0.410. The average molecular weight is 290 g/mol. The zero-order valence-electron chi connectivity index (χ0n) is 7.38. The first-order chi connectivity index (χ1) is 6.24. The summed E-state index contributed by atoms with van der Waals surface area (Å²) in [6.45, 7) is 0. The maximum absolute atomic E-state index is 9.66. The van der Waals surface area contributed by atoms with E-state index in [1.54, 1.807) is 13.2 Å². The van der Waals surface area contributed by atoms with E-state index < -0.39 is 0 Å². The van der Waals surface area contributed by atoms with Gasteiger partial charge in [-0.1, -0.05) is 0 Å². The van der Waals surface area contributed by atoms with Crippen LogP contribution in [0.3, 0.4) is 0 Å². The third kappa shape index (κ3) is 1.61. The molecule has 1 aliphatic rings. The Hall–Kier alpha value is -0.450. The van der Waals surface area contributed by atoms with Gasteiger partial charge in [-0.15, -0.1) is 0 Å². The lowest BCUT2D eigenvalue weighted by molar-refractivity contribution is 0.407. The van der Waals surface area contributed by atoms with Crippen molar-refractivity contribution in [2.75, 3.05) is 7.11 Å². The zero-order valence-corrected chi connectivity index (χ0v) is 9.54. The lowest BCUT2D eigenvalue weighted by atomic mass is 10.1. The minimum absolute atomic E-state index is 0.410. The summed E-state index contributed by atoms with van der Waals surface area (Å²) in [4.78, 5) is 0. The fraction of sp³-hybridized carbons (Fsp3) is 0.400. The number of ether oxygens (including phenoxy) is 1. The lowest BCUT2D eigenvalue weighted by Gasteiger charge is -2.09. The van der Waals surface area contributed by atoms with Crippen LogP contribution in [0.5, 0.6) is 11.5 Å². The number of rotatable bonds is 2. The van der Waals surface area contributed by atoms with Gasteiger partial charge < -0.3 is 9.84 Å². The molecule has 0 bridgehead atoms. The first kappa shape index (κ1) is 9.12. The largest absolute Gasteiger partial charge is 0.508 e. The van der Waals surface area contributed by atoms with Crippen molar-refractivity contribution < 1.29 is 9.84 Å². The molecule has 0 spiro atoms. The Labute approximate surface area is 91.1 Å². The van der Waals surface area contributed by atoms with Crippen LogP contribution < -0.4 is 4.74 Å². The van der Waals surface area contributed by atoms with E-state index in [1.165, 1.54) is 12.8 Å². The highest BCUT2D eigenvalue weighted by Gasteiger charge is 2.29. The van der Waals surface area contributed by atoms with E-state index in [1.807, 2.05) is 6.07 Å². The second kappa shape index (κ2) is 3.36. The van der Waals surface area contributed by atoms with Crippen molar-refractivity contribution in [3.05, 3.63) is 21.3 Å². The molecule has 1 aromatic rings. The van der Waals surface area contributed by atoms with Gasteiger partial charge in [-0.2, -0.15) is 0 Å². The topological polar surface area (TPSA) is 29.5 Å². The Morgan fingerprint density at radius 2 is 2.15 bits per heavy atom. The molecular formula is C10H11IO2. The number of phenolic OH excluding ortho intramolecular Hbond substituents is 1. The van der Waals surface area contributed by atoms with Crippen molar-refractivity contribution in [3.63, 3.8) is 0 Å². The molecule has 0 aromatic heterocycles. The molecule has 0 heterocycles. The van der Waals surface area contributed by atoms with E-state index in [4.69, 9.17) is 4.74 Å². The van der Waals surface area contributed by atoms with Gasteiger partial charge in [-0.25, -0.2) is 0 Å². The second-order valence-electron chi connectivity index (χ2n) is 3.29. The summed E-state index contributed by atoms with van der Waals surface area (Å²) in [5, 5.41) is 9.66. The summed E-state index contributed by atoms with van der Waals surface area (Å²) in [6, 6.07) is 3.53. The summed E-state index contributed by atoms with van der Waals surface area (Å²) in [5.41, 5.74) is 1.07. The SMILES string of the molecule is COc1ccc(O)c(C2CC2)c1I. The summed E-state index contributed by atoms with van der Waals surface area (Å²) >= 11 is 2.24. The molecule has 1 fully saturated rings. The lowest BCUT2D eigenvalue weighted by Crippen LogP contribution is -1.92. The van der Waals surface area contributed by atoms with Gasteiger partial charge in [0.05, 0.1) is 10.7 Å². The van der Waals surface area contributed by atoms with Crippen molar-refractivity contribution >= 4 is 22.6 Å². The van der Waals surface area contributed by atoms with Crippen molar-refractivity contribution in [1.29, 1.82) is 0 Å². The summed E-state index contributed by atoms with van der Waals surface area (Å²) in [6.07, 6.45) is 2.38. The third-order valence-corrected chi connectivity index (χ3v) is 3.44. The third-order valence-electron chi connectivity index (χ3n) is 2.33. The van der Waals surface area contributed by atoms with Crippen LogP contribution in [0.4, 0.5) is 0 Å². The molecule has 2 rings (SSSR count). The first-order valence-corrected chi connectivity index (χ1v) is 5.37. The summed E-state index contributed by atoms with van der Waals surface area (Å²) < 4.78 is 6.26. The van der Waals surface area contributed by atoms with Crippen molar-refractivity contribution in [1.82, 2.24) is 0 Å². The normalized spacial score (nSPS) is 15.8. The van der Waals surface area contributed by atoms with Crippen LogP contribution in [0, 0.1) is 3.57 Å². The monoisotopic (exact) mass is 290 g/mol. The molecule has 0 amide bonds. The average Bonchev–Trinajstić information content (AvgIpc) is 2.89.